The molecule has 1 aliphatic carbocycles. The molecule has 0 fully saturated rings. The zero-order valence-corrected chi connectivity index (χ0v) is 10.5. The summed E-state index contributed by atoms with van der Waals surface area (Å²) in [6, 6.07) is 4.08. The van der Waals surface area contributed by atoms with Crippen molar-refractivity contribution in [3.8, 4) is 0 Å². The van der Waals surface area contributed by atoms with Crippen molar-refractivity contribution in [2.75, 3.05) is 4.90 Å². The summed E-state index contributed by atoms with van der Waals surface area (Å²) in [5, 5.41) is 9.38. The molecule has 1 aliphatic heterocycles. The topological polar surface area (TPSA) is 66.6 Å². The number of rotatable bonds is 0. The van der Waals surface area contributed by atoms with E-state index in [0.717, 1.165) is 30.5 Å². The van der Waals surface area contributed by atoms with Crippen molar-refractivity contribution in [2.45, 2.75) is 44.7 Å². The summed E-state index contributed by atoms with van der Waals surface area (Å²) in [6.45, 7) is 1.92. The van der Waals surface area contributed by atoms with Crippen LogP contribution in [0.1, 0.15) is 42.5 Å². The predicted molar refractivity (Wildman–Crippen MR) is 70.0 cm³/mol. The largest absolute Gasteiger partial charge is 0.465 e. The van der Waals surface area contributed by atoms with Crippen LogP contribution in [0.4, 0.5) is 10.5 Å². The summed E-state index contributed by atoms with van der Waals surface area (Å²) in [4.78, 5) is 12.9. The maximum Gasteiger partial charge on any atom is 0.412 e. The number of anilines is 1. The number of aryl methyl sites for hydroxylation is 2. The summed E-state index contributed by atoms with van der Waals surface area (Å²) < 4.78 is 0. The molecule has 96 valence electrons. The zero-order valence-electron chi connectivity index (χ0n) is 10.5. The molecule has 3 rings (SSSR count). The zero-order chi connectivity index (χ0) is 12.9. The van der Waals surface area contributed by atoms with Crippen LogP contribution in [-0.2, 0) is 12.8 Å². The monoisotopic (exact) mass is 246 g/mol. The van der Waals surface area contributed by atoms with Gasteiger partial charge in [0.15, 0.2) is 0 Å². The van der Waals surface area contributed by atoms with Crippen LogP contribution in [0.2, 0.25) is 0 Å². The highest BCUT2D eigenvalue weighted by atomic mass is 16.4. The molecule has 2 atom stereocenters. The summed E-state index contributed by atoms with van der Waals surface area (Å²) in [6.07, 6.45) is 3.12. The van der Waals surface area contributed by atoms with Crippen LogP contribution in [0.5, 0.6) is 0 Å². The van der Waals surface area contributed by atoms with E-state index < -0.39 is 6.09 Å². The highest BCUT2D eigenvalue weighted by Crippen LogP contribution is 2.39. The molecule has 1 aromatic rings. The summed E-state index contributed by atoms with van der Waals surface area (Å²) in [5.41, 5.74) is 10.6. The maximum atomic E-state index is 11.4. The van der Waals surface area contributed by atoms with Gasteiger partial charge >= 0.3 is 6.09 Å². The summed E-state index contributed by atoms with van der Waals surface area (Å²) >= 11 is 0. The Labute approximate surface area is 106 Å². The molecular formula is C14H18N2O2. The molecule has 1 amide bonds. The van der Waals surface area contributed by atoms with Crippen molar-refractivity contribution in [1.82, 2.24) is 0 Å². The van der Waals surface area contributed by atoms with E-state index in [1.807, 2.05) is 13.0 Å². The van der Waals surface area contributed by atoms with Crippen LogP contribution in [0, 0.1) is 0 Å². The smallest absolute Gasteiger partial charge is 0.412 e. The van der Waals surface area contributed by atoms with E-state index in [1.54, 1.807) is 0 Å². The molecule has 4 heteroatoms. The van der Waals surface area contributed by atoms with Gasteiger partial charge in [0.2, 0.25) is 0 Å². The van der Waals surface area contributed by atoms with Crippen LogP contribution in [-0.4, -0.2) is 17.2 Å². The van der Waals surface area contributed by atoms with Gasteiger partial charge in [-0.05, 0) is 55.4 Å². The fraction of sp³-hybridized carbons (Fsp3) is 0.500. The van der Waals surface area contributed by atoms with E-state index in [0.29, 0.717) is 6.42 Å². The van der Waals surface area contributed by atoms with Gasteiger partial charge in [-0.15, -0.1) is 0 Å². The Morgan fingerprint density at radius 3 is 2.72 bits per heavy atom. The van der Waals surface area contributed by atoms with Gasteiger partial charge in [-0.25, -0.2) is 4.79 Å². The molecule has 1 heterocycles. The molecule has 2 aliphatic rings. The van der Waals surface area contributed by atoms with Crippen LogP contribution >= 0.6 is 0 Å². The van der Waals surface area contributed by atoms with E-state index in [2.05, 4.69) is 6.07 Å². The first-order chi connectivity index (χ1) is 8.58. The van der Waals surface area contributed by atoms with E-state index in [9.17, 15) is 9.90 Å². The number of nitrogens with zero attached hydrogens (tertiary/aromatic N) is 1. The Morgan fingerprint density at radius 2 is 2.06 bits per heavy atom. The third kappa shape index (κ3) is 1.60. The standard InChI is InChI=1S/C14H18N2O2/c1-8-5-12(15)11-6-9-3-2-4-10(9)7-13(11)16(8)14(17)18/h6-8,12H,2-5,15H2,1H3,(H,17,18). The predicted octanol–water partition coefficient (Wildman–Crippen LogP) is 2.45. The van der Waals surface area contributed by atoms with Gasteiger partial charge in [0.25, 0.3) is 0 Å². The first kappa shape index (κ1) is 11.5. The molecule has 0 aromatic heterocycles. The molecule has 2 unspecified atom stereocenters. The molecule has 0 saturated carbocycles. The fourth-order valence-electron chi connectivity index (χ4n) is 3.26. The number of carbonyl (C=O) groups is 1. The number of carboxylic acid groups (broad SMARTS) is 1. The third-order valence-corrected chi connectivity index (χ3v) is 4.14. The van der Waals surface area contributed by atoms with Crippen LogP contribution in [0.3, 0.4) is 0 Å². The maximum absolute atomic E-state index is 11.4. The first-order valence-corrected chi connectivity index (χ1v) is 6.51. The lowest BCUT2D eigenvalue weighted by atomic mass is 9.90. The number of nitrogens with two attached hydrogens (primary N) is 1. The first-order valence-electron chi connectivity index (χ1n) is 6.51. The number of fused-ring (bicyclic) bond motifs is 2. The van der Waals surface area contributed by atoms with Crippen LogP contribution in [0.25, 0.3) is 0 Å². The number of hydrogen-bond donors (Lipinski definition) is 2. The Balaban J connectivity index is 2.16. The highest BCUT2D eigenvalue weighted by molar-refractivity contribution is 5.89. The average molecular weight is 246 g/mol. The lowest BCUT2D eigenvalue weighted by Crippen LogP contribution is -2.44. The minimum Gasteiger partial charge on any atom is -0.465 e. The van der Waals surface area contributed by atoms with Crippen molar-refractivity contribution in [3.05, 3.63) is 28.8 Å². The van der Waals surface area contributed by atoms with Crippen molar-refractivity contribution in [3.63, 3.8) is 0 Å². The quantitative estimate of drug-likeness (QED) is 0.739. The second kappa shape index (κ2) is 3.99. The SMILES string of the molecule is CC1CC(N)c2cc3c(cc2N1C(=O)O)CCC3. The second-order valence-electron chi connectivity index (χ2n) is 5.38. The van der Waals surface area contributed by atoms with E-state index in [1.165, 1.54) is 16.0 Å². The number of amides is 1. The van der Waals surface area contributed by atoms with E-state index in [4.69, 9.17) is 5.73 Å². The van der Waals surface area contributed by atoms with Gasteiger partial charge in [-0.2, -0.15) is 0 Å². The third-order valence-electron chi connectivity index (χ3n) is 4.14. The lowest BCUT2D eigenvalue weighted by Gasteiger charge is -2.36. The van der Waals surface area contributed by atoms with Crippen molar-refractivity contribution in [2.24, 2.45) is 5.73 Å². The minimum absolute atomic E-state index is 0.0449. The van der Waals surface area contributed by atoms with E-state index >= 15 is 0 Å². The normalized spacial score (nSPS) is 25.8. The molecule has 0 spiro atoms. The molecule has 18 heavy (non-hydrogen) atoms. The van der Waals surface area contributed by atoms with Gasteiger partial charge in [0, 0.05) is 12.1 Å². The van der Waals surface area contributed by atoms with Crippen molar-refractivity contribution < 1.29 is 9.90 Å². The summed E-state index contributed by atoms with van der Waals surface area (Å²) in [7, 11) is 0. The lowest BCUT2D eigenvalue weighted by molar-refractivity contribution is 0.198. The molecule has 0 saturated heterocycles. The van der Waals surface area contributed by atoms with Gasteiger partial charge in [0.1, 0.15) is 0 Å². The van der Waals surface area contributed by atoms with Gasteiger partial charge < -0.3 is 10.8 Å². The second-order valence-corrected chi connectivity index (χ2v) is 5.38. The fourth-order valence-corrected chi connectivity index (χ4v) is 3.26. The number of hydrogen-bond acceptors (Lipinski definition) is 2. The van der Waals surface area contributed by atoms with Gasteiger partial charge in [-0.1, -0.05) is 6.07 Å². The minimum atomic E-state index is -0.881. The number of benzene rings is 1. The van der Waals surface area contributed by atoms with Gasteiger partial charge in [-0.3, -0.25) is 4.90 Å². The Bertz CT molecular complexity index is 513. The molecule has 0 bridgehead atoms. The van der Waals surface area contributed by atoms with Crippen LogP contribution < -0.4 is 10.6 Å². The molecule has 3 N–H and O–H groups in total. The summed E-state index contributed by atoms with van der Waals surface area (Å²) in [5.74, 6) is 0. The molecule has 0 radical (unpaired) electrons. The van der Waals surface area contributed by atoms with E-state index in [-0.39, 0.29) is 12.1 Å². The molecular weight excluding hydrogens is 228 g/mol. The van der Waals surface area contributed by atoms with Crippen molar-refractivity contribution >= 4 is 11.8 Å². The van der Waals surface area contributed by atoms with Crippen molar-refractivity contribution in [1.29, 1.82) is 0 Å². The Morgan fingerprint density at radius 1 is 1.39 bits per heavy atom. The average Bonchev–Trinajstić information content (AvgIpc) is 2.73. The highest BCUT2D eigenvalue weighted by Gasteiger charge is 2.33. The van der Waals surface area contributed by atoms with Crippen LogP contribution in [0.15, 0.2) is 12.1 Å². The Hall–Kier alpha value is -1.55. The Kier molecular flexibility index (Phi) is 2.55. The molecule has 4 nitrogen and oxygen atoms in total. The molecule has 1 aromatic carbocycles. The van der Waals surface area contributed by atoms with Gasteiger partial charge in [0.05, 0.1) is 5.69 Å².